The standard InChI is InChI=1S/C14H26N6S2.HI/c1-5-12-17-14(22-18-12)20-8-6-19(7-9-20)13(15-3)16-10-11(2)21-4;/h11H,5-10H2,1-4H3,(H,15,16);1H. The summed E-state index contributed by atoms with van der Waals surface area (Å²) in [6.07, 6.45) is 3.04. The monoisotopic (exact) mass is 470 g/mol. The van der Waals surface area contributed by atoms with Crippen molar-refractivity contribution in [2.24, 2.45) is 4.99 Å². The lowest BCUT2D eigenvalue weighted by Gasteiger charge is -2.36. The van der Waals surface area contributed by atoms with Crippen molar-refractivity contribution in [3.63, 3.8) is 0 Å². The van der Waals surface area contributed by atoms with Crippen LogP contribution in [0.2, 0.25) is 0 Å². The predicted molar refractivity (Wildman–Crippen MR) is 113 cm³/mol. The fourth-order valence-electron chi connectivity index (χ4n) is 2.28. The number of hydrogen-bond acceptors (Lipinski definition) is 6. The van der Waals surface area contributed by atoms with Gasteiger partial charge in [-0.3, -0.25) is 4.99 Å². The lowest BCUT2D eigenvalue weighted by molar-refractivity contribution is 0.372. The molecule has 1 aliphatic heterocycles. The first-order valence-electron chi connectivity index (χ1n) is 7.73. The molecule has 132 valence electrons. The lowest BCUT2D eigenvalue weighted by Crippen LogP contribution is -2.53. The van der Waals surface area contributed by atoms with Gasteiger partial charge in [-0.05, 0) is 6.26 Å². The van der Waals surface area contributed by atoms with Gasteiger partial charge in [0.1, 0.15) is 5.82 Å². The number of piperazine rings is 1. The van der Waals surface area contributed by atoms with Gasteiger partial charge < -0.3 is 15.1 Å². The molecule has 2 heterocycles. The van der Waals surface area contributed by atoms with Crippen molar-refractivity contribution in [1.82, 2.24) is 19.6 Å². The number of halogens is 1. The van der Waals surface area contributed by atoms with E-state index < -0.39 is 0 Å². The van der Waals surface area contributed by atoms with Crippen LogP contribution in [0.25, 0.3) is 0 Å². The van der Waals surface area contributed by atoms with Gasteiger partial charge in [-0.15, -0.1) is 24.0 Å². The number of rotatable bonds is 5. The molecule has 1 fully saturated rings. The zero-order valence-corrected chi connectivity index (χ0v) is 18.2. The van der Waals surface area contributed by atoms with Crippen molar-refractivity contribution in [3.8, 4) is 0 Å². The van der Waals surface area contributed by atoms with Crippen LogP contribution in [-0.4, -0.2) is 71.5 Å². The highest BCUT2D eigenvalue weighted by Crippen LogP contribution is 2.19. The Kier molecular flexibility index (Phi) is 9.52. The van der Waals surface area contributed by atoms with Crippen LogP contribution in [0, 0.1) is 0 Å². The second kappa shape index (κ2) is 10.5. The molecule has 0 aliphatic carbocycles. The molecule has 6 nitrogen and oxygen atoms in total. The van der Waals surface area contributed by atoms with Crippen LogP contribution >= 0.6 is 47.3 Å². The summed E-state index contributed by atoms with van der Waals surface area (Å²) < 4.78 is 4.38. The van der Waals surface area contributed by atoms with Gasteiger partial charge in [-0.2, -0.15) is 16.1 Å². The minimum absolute atomic E-state index is 0. The SMILES string of the molecule is CCc1nsc(N2CCN(C(=NC)NCC(C)SC)CC2)n1.I. The molecule has 9 heteroatoms. The molecule has 1 unspecified atom stereocenters. The molecule has 0 saturated carbocycles. The molecule has 1 saturated heterocycles. The number of aromatic nitrogens is 2. The van der Waals surface area contributed by atoms with Crippen LogP contribution in [-0.2, 0) is 6.42 Å². The Morgan fingerprint density at radius 1 is 1.39 bits per heavy atom. The van der Waals surface area contributed by atoms with Crippen molar-refractivity contribution in [2.45, 2.75) is 25.5 Å². The van der Waals surface area contributed by atoms with Crippen LogP contribution in [0.3, 0.4) is 0 Å². The van der Waals surface area contributed by atoms with Crippen LogP contribution < -0.4 is 10.2 Å². The molecule has 0 radical (unpaired) electrons. The summed E-state index contributed by atoms with van der Waals surface area (Å²) in [7, 11) is 1.86. The van der Waals surface area contributed by atoms with Crippen LogP contribution in [0.4, 0.5) is 5.13 Å². The molecule has 1 atom stereocenters. The van der Waals surface area contributed by atoms with E-state index in [4.69, 9.17) is 0 Å². The zero-order chi connectivity index (χ0) is 15.9. The Morgan fingerprint density at radius 2 is 2.09 bits per heavy atom. The van der Waals surface area contributed by atoms with Crippen molar-refractivity contribution < 1.29 is 0 Å². The Bertz CT molecular complexity index is 487. The van der Waals surface area contributed by atoms with E-state index in [2.05, 4.69) is 49.6 Å². The number of nitrogens with zero attached hydrogens (tertiary/aromatic N) is 5. The molecule has 23 heavy (non-hydrogen) atoms. The number of nitrogens with one attached hydrogen (secondary N) is 1. The Labute approximate surface area is 164 Å². The van der Waals surface area contributed by atoms with Crippen molar-refractivity contribution in [1.29, 1.82) is 0 Å². The first kappa shape index (κ1) is 20.8. The smallest absolute Gasteiger partial charge is 0.205 e. The third kappa shape index (κ3) is 5.93. The Hall–Kier alpha value is -0.290. The summed E-state index contributed by atoms with van der Waals surface area (Å²) in [5, 5.41) is 5.11. The molecule has 0 amide bonds. The summed E-state index contributed by atoms with van der Waals surface area (Å²) in [6.45, 7) is 9.14. The van der Waals surface area contributed by atoms with Crippen LogP contribution in [0.15, 0.2) is 4.99 Å². The first-order valence-corrected chi connectivity index (χ1v) is 9.80. The maximum absolute atomic E-state index is 4.58. The third-order valence-corrected chi connectivity index (χ3v) is 5.57. The van der Waals surface area contributed by atoms with Gasteiger partial charge in [0, 0.05) is 63.0 Å². The zero-order valence-electron chi connectivity index (χ0n) is 14.3. The molecule has 0 spiro atoms. The van der Waals surface area contributed by atoms with Crippen LogP contribution in [0.5, 0.6) is 0 Å². The van der Waals surface area contributed by atoms with Crippen LogP contribution in [0.1, 0.15) is 19.7 Å². The van der Waals surface area contributed by atoms with Crippen molar-refractivity contribution >= 4 is 58.4 Å². The van der Waals surface area contributed by atoms with Gasteiger partial charge >= 0.3 is 0 Å². The normalized spacial score (nSPS) is 17.0. The number of thioether (sulfide) groups is 1. The largest absolute Gasteiger partial charge is 0.355 e. The molecular formula is C14H27IN6S2. The van der Waals surface area contributed by atoms with E-state index in [0.29, 0.717) is 5.25 Å². The third-order valence-electron chi connectivity index (χ3n) is 3.79. The first-order chi connectivity index (χ1) is 10.7. The molecule has 1 aromatic rings. The summed E-state index contributed by atoms with van der Waals surface area (Å²) >= 11 is 3.38. The van der Waals surface area contributed by atoms with Gasteiger partial charge in [0.25, 0.3) is 0 Å². The average Bonchev–Trinajstić information content (AvgIpc) is 3.04. The van der Waals surface area contributed by atoms with Gasteiger partial charge in [0.05, 0.1) is 0 Å². The molecule has 1 N–H and O–H groups in total. The van der Waals surface area contributed by atoms with Crippen molar-refractivity contribution in [3.05, 3.63) is 5.82 Å². The minimum Gasteiger partial charge on any atom is -0.355 e. The summed E-state index contributed by atoms with van der Waals surface area (Å²) in [6, 6.07) is 0. The minimum atomic E-state index is 0. The number of hydrogen-bond donors (Lipinski definition) is 1. The summed E-state index contributed by atoms with van der Waals surface area (Å²) in [4.78, 5) is 13.6. The molecule has 0 bridgehead atoms. The highest BCUT2D eigenvalue weighted by atomic mass is 127. The second-order valence-electron chi connectivity index (χ2n) is 5.30. The average molecular weight is 470 g/mol. The van der Waals surface area contributed by atoms with E-state index in [-0.39, 0.29) is 24.0 Å². The van der Waals surface area contributed by atoms with E-state index >= 15 is 0 Å². The predicted octanol–water partition coefficient (Wildman–Crippen LogP) is 2.17. The van der Waals surface area contributed by atoms with E-state index in [1.807, 2.05) is 18.8 Å². The molecule has 1 aliphatic rings. The molecule has 0 aromatic carbocycles. The lowest BCUT2D eigenvalue weighted by atomic mass is 10.3. The van der Waals surface area contributed by atoms with Crippen molar-refractivity contribution in [2.75, 3.05) is 50.9 Å². The summed E-state index contributed by atoms with van der Waals surface area (Å²) in [5.41, 5.74) is 0. The number of anilines is 1. The maximum Gasteiger partial charge on any atom is 0.205 e. The van der Waals surface area contributed by atoms with E-state index in [0.717, 1.165) is 56.1 Å². The molecular weight excluding hydrogens is 443 g/mol. The number of guanidine groups is 1. The van der Waals surface area contributed by atoms with Gasteiger partial charge in [-0.25, -0.2) is 4.98 Å². The fourth-order valence-corrected chi connectivity index (χ4v) is 3.33. The van der Waals surface area contributed by atoms with E-state index in [9.17, 15) is 0 Å². The topological polar surface area (TPSA) is 56.7 Å². The maximum atomic E-state index is 4.58. The molecule has 2 rings (SSSR count). The second-order valence-corrected chi connectivity index (χ2v) is 7.30. The highest BCUT2D eigenvalue weighted by Gasteiger charge is 2.22. The van der Waals surface area contributed by atoms with Gasteiger partial charge in [-0.1, -0.05) is 13.8 Å². The Balaban J connectivity index is 0.00000264. The Morgan fingerprint density at radius 3 is 2.61 bits per heavy atom. The van der Waals surface area contributed by atoms with Gasteiger partial charge in [0.2, 0.25) is 5.13 Å². The molecule has 1 aromatic heterocycles. The number of aryl methyl sites for hydroxylation is 1. The summed E-state index contributed by atoms with van der Waals surface area (Å²) in [5.74, 6) is 1.96. The highest BCUT2D eigenvalue weighted by molar-refractivity contribution is 14.0. The van der Waals surface area contributed by atoms with E-state index in [1.54, 1.807) is 0 Å². The van der Waals surface area contributed by atoms with Gasteiger partial charge in [0.15, 0.2) is 5.96 Å². The quantitative estimate of drug-likeness (QED) is 0.405. The number of aliphatic imine (C=N–C) groups is 1. The van der Waals surface area contributed by atoms with E-state index in [1.165, 1.54) is 11.5 Å². The fraction of sp³-hybridized carbons (Fsp3) is 0.786.